The molecule has 0 radical (unpaired) electrons. The second-order valence-electron chi connectivity index (χ2n) is 4.84. The normalized spacial score (nSPS) is 14.7. The van der Waals surface area contributed by atoms with Crippen LogP contribution in [0.5, 0.6) is 0 Å². The first-order valence-electron chi connectivity index (χ1n) is 6.82. The van der Waals surface area contributed by atoms with Crippen LogP contribution in [0.1, 0.15) is 29.5 Å². The molecule has 0 spiro atoms. The minimum atomic E-state index is 0.891. The van der Waals surface area contributed by atoms with Gasteiger partial charge in [-0.3, -0.25) is 0 Å². The lowest BCUT2D eigenvalue weighted by Gasteiger charge is -2.26. The zero-order chi connectivity index (χ0) is 13.1. The molecule has 2 aromatic rings. The molecule has 102 valence electrons. The van der Waals surface area contributed by atoms with Crippen LogP contribution >= 0.6 is 22.7 Å². The van der Waals surface area contributed by atoms with Crippen molar-refractivity contribution in [3.05, 3.63) is 33.0 Å². The minimum absolute atomic E-state index is 0.891. The summed E-state index contributed by atoms with van der Waals surface area (Å²) in [5.41, 5.74) is 2.65. The third kappa shape index (κ3) is 2.99. The van der Waals surface area contributed by atoms with Crippen LogP contribution in [-0.2, 0) is 19.5 Å². The van der Waals surface area contributed by atoms with Crippen LogP contribution in [0.2, 0.25) is 0 Å². The Hall–Kier alpha value is -0.910. The van der Waals surface area contributed by atoms with Gasteiger partial charge in [-0.15, -0.1) is 22.7 Å². The lowest BCUT2D eigenvalue weighted by Crippen LogP contribution is -2.29. The summed E-state index contributed by atoms with van der Waals surface area (Å²) < 4.78 is 0. The number of anilines is 1. The van der Waals surface area contributed by atoms with Gasteiger partial charge in [-0.2, -0.15) is 0 Å². The van der Waals surface area contributed by atoms with E-state index in [0.29, 0.717) is 0 Å². The third-order valence-electron chi connectivity index (χ3n) is 3.35. The second-order valence-corrected chi connectivity index (χ2v) is 6.68. The SMILES string of the molecule is CCCNCc1csc(N2CCc3sccc3C2)n1. The van der Waals surface area contributed by atoms with E-state index < -0.39 is 0 Å². The molecule has 0 amide bonds. The summed E-state index contributed by atoms with van der Waals surface area (Å²) in [7, 11) is 0. The molecule has 0 aliphatic carbocycles. The number of nitrogens with one attached hydrogen (secondary N) is 1. The molecule has 19 heavy (non-hydrogen) atoms. The van der Waals surface area contributed by atoms with Crippen molar-refractivity contribution in [1.82, 2.24) is 10.3 Å². The molecule has 3 rings (SSSR count). The summed E-state index contributed by atoms with van der Waals surface area (Å²) in [6, 6.07) is 2.25. The monoisotopic (exact) mass is 293 g/mol. The van der Waals surface area contributed by atoms with Gasteiger partial charge in [0.25, 0.3) is 0 Å². The molecule has 0 fully saturated rings. The van der Waals surface area contributed by atoms with Crippen LogP contribution in [0.15, 0.2) is 16.8 Å². The Morgan fingerprint density at radius 1 is 1.42 bits per heavy atom. The van der Waals surface area contributed by atoms with Gasteiger partial charge in [0.1, 0.15) is 0 Å². The molecule has 1 aliphatic heterocycles. The average Bonchev–Trinajstić information content (AvgIpc) is 3.06. The predicted octanol–water partition coefficient (Wildman–Crippen LogP) is 3.27. The molecule has 1 N–H and O–H groups in total. The van der Waals surface area contributed by atoms with Crippen LogP contribution < -0.4 is 10.2 Å². The highest BCUT2D eigenvalue weighted by Crippen LogP contribution is 2.29. The van der Waals surface area contributed by atoms with Gasteiger partial charge in [-0.1, -0.05) is 6.92 Å². The fourth-order valence-electron chi connectivity index (χ4n) is 2.33. The molecule has 1 aliphatic rings. The van der Waals surface area contributed by atoms with E-state index in [-0.39, 0.29) is 0 Å². The van der Waals surface area contributed by atoms with E-state index in [9.17, 15) is 0 Å². The summed E-state index contributed by atoms with van der Waals surface area (Å²) in [6.45, 7) is 6.26. The third-order valence-corrected chi connectivity index (χ3v) is 5.32. The van der Waals surface area contributed by atoms with Gasteiger partial charge in [0.2, 0.25) is 0 Å². The Kier molecular flexibility index (Phi) is 4.15. The first-order chi connectivity index (χ1) is 9.36. The Bertz CT molecular complexity index is 532. The van der Waals surface area contributed by atoms with Gasteiger partial charge < -0.3 is 10.2 Å². The fourth-order valence-corrected chi connectivity index (χ4v) is 4.07. The van der Waals surface area contributed by atoms with Crippen LogP contribution in [0.3, 0.4) is 0 Å². The van der Waals surface area contributed by atoms with Gasteiger partial charge in [0.15, 0.2) is 5.13 Å². The van der Waals surface area contributed by atoms with Gasteiger partial charge in [0, 0.05) is 29.9 Å². The zero-order valence-corrected chi connectivity index (χ0v) is 12.8. The maximum absolute atomic E-state index is 4.75. The van der Waals surface area contributed by atoms with Crippen LogP contribution in [0.25, 0.3) is 0 Å². The minimum Gasteiger partial charge on any atom is -0.343 e. The van der Waals surface area contributed by atoms with Gasteiger partial charge in [0.05, 0.1) is 5.69 Å². The average molecular weight is 293 g/mol. The van der Waals surface area contributed by atoms with Crippen molar-refractivity contribution in [2.24, 2.45) is 0 Å². The van der Waals surface area contributed by atoms with E-state index in [2.05, 4.69) is 34.0 Å². The van der Waals surface area contributed by atoms with Crippen molar-refractivity contribution in [3.8, 4) is 0 Å². The summed E-state index contributed by atoms with van der Waals surface area (Å²) in [6.07, 6.45) is 2.33. The molecule has 5 heteroatoms. The highest BCUT2D eigenvalue weighted by Gasteiger charge is 2.19. The van der Waals surface area contributed by atoms with Crippen LogP contribution in [0, 0.1) is 0 Å². The van der Waals surface area contributed by atoms with Crippen LogP contribution in [-0.4, -0.2) is 18.1 Å². The number of rotatable bonds is 5. The zero-order valence-electron chi connectivity index (χ0n) is 11.2. The summed E-state index contributed by atoms with van der Waals surface area (Å²) in [4.78, 5) is 8.71. The van der Waals surface area contributed by atoms with Gasteiger partial charge in [-0.25, -0.2) is 4.98 Å². The van der Waals surface area contributed by atoms with Crippen molar-refractivity contribution in [2.75, 3.05) is 18.0 Å². The van der Waals surface area contributed by atoms with E-state index in [1.54, 1.807) is 16.2 Å². The number of nitrogens with zero attached hydrogens (tertiary/aromatic N) is 2. The van der Waals surface area contributed by atoms with Crippen molar-refractivity contribution in [2.45, 2.75) is 32.9 Å². The first kappa shape index (κ1) is 13.1. The largest absolute Gasteiger partial charge is 0.343 e. The molecule has 3 nitrogen and oxygen atoms in total. The van der Waals surface area contributed by atoms with E-state index in [0.717, 1.165) is 32.6 Å². The van der Waals surface area contributed by atoms with Gasteiger partial charge in [-0.05, 0) is 36.4 Å². The number of thiophene rings is 1. The summed E-state index contributed by atoms with van der Waals surface area (Å²) in [5, 5.41) is 8.96. The van der Waals surface area contributed by atoms with E-state index >= 15 is 0 Å². The van der Waals surface area contributed by atoms with Crippen LogP contribution in [0.4, 0.5) is 5.13 Å². The molecule has 0 bridgehead atoms. The van der Waals surface area contributed by atoms with E-state index in [4.69, 9.17) is 4.98 Å². The maximum Gasteiger partial charge on any atom is 0.185 e. The Morgan fingerprint density at radius 2 is 2.37 bits per heavy atom. The number of hydrogen-bond acceptors (Lipinski definition) is 5. The molecule has 0 saturated heterocycles. The topological polar surface area (TPSA) is 28.2 Å². The molecule has 0 atom stereocenters. The standard InChI is InChI=1S/C14H19N3S2/c1-2-5-15-8-12-10-19-14(16-12)17-6-3-13-11(9-17)4-7-18-13/h4,7,10,15H,2-3,5-6,8-9H2,1H3. The van der Waals surface area contributed by atoms with Crippen molar-refractivity contribution in [3.63, 3.8) is 0 Å². The predicted molar refractivity (Wildman–Crippen MR) is 83.2 cm³/mol. The van der Waals surface area contributed by atoms with Crippen molar-refractivity contribution in [1.29, 1.82) is 0 Å². The molecular formula is C14H19N3S2. The van der Waals surface area contributed by atoms with Crippen molar-refractivity contribution < 1.29 is 0 Å². The number of aromatic nitrogens is 1. The quantitative estimate of drug-likeness (QED) is 0.858. The molecule has 3 heterocycles. The highest BCUT2D eigenvalue weighted by atomic mass is 32.1. The molecule has 2 aromatic heterocycles. The summed E-state index contributed by atoms with van der Waals surface area (Å²) >= 11 is 3.66. The maximum atomic E-state index is 4.75. The van der Waals surface area contributed by atoms with E-state index in [1.165, 1.54) is 22.8 Å². The lowest BCUT2D eigenvalue weighted by molar-refractivity contribution is 0.664. The molecule has 0 aromatic carbocycles. The Morgan fingerprint density at radius 3 is 3.26 bits per heavy atom. The molecule has 0 unspecified atom stereocenters. The Labute approximate surface area is 122 Å². The first-order valence-corrected chi connectivity index (χ1v) is 8.58. The number of thiazole rings is 1. The van der Waals surface area contributed by atoms with Crippen molar-refractivity contribution >= 4 is 27.8 Å². The second kappa shape index (κ2) is 6.03. The molecule has 0 saturated carbocycles. The fraction of sp³-hybridized carbons (Fsp3) is 0.500. The summed E-state index contributed by atoms with van der Waals surface area (Å²) in [5.74, 6) is 0. The number of hydrogen-bond donors (Lipinski definition) is 1. The van der Waals surface area contributed by atoms with E-state index in [1.807, 2.05) is 11.3 Å². The van der Waals surface area contributed by atoms with Gasteiger partial charge >= 0.3 is 0 Å². The Balaban J connectivity index is 1.64. The number of fused-ring (bicyclic) bond motifs is 1. The lowest BCUT2D eigenvalue weighted by atomic mass is 10.1. The molecular weight excluding hydrogens is 274 g/mol. The smallest absolute Gasteiger partial charge is 0.185 e. The highest BCUT2D eigenvalue weighted by molar-refractivity contribution is 7.13.